The van der Waals surface area contributed by atoms with Crippen LogP contribution in [0.4, 0.5) is 34.1 Å². The quantitative estimate of drug-likeness (QED) is 0.0630. The first-order valence-corrected chi connectivity index (χ1v) is 23.4. The molecular weight excluding hydrogens is 749 g/mol. The van der Waals surface area contributed by atoms with Crippen molar-refractivity contribution in [1.29, 1.82) is 0 Å². The molecule has 0 atom stereocenters. The van der Waals surface area contributed by atoms with E-state index >= 15 is 0 Å². The molecule has 7 rings (SSSR count). The Bertz CT molecular complexity index is 2230. The van der Waals surface area contributed by atoms with Crippen molar-refractivity contribution < 1.29 is 0 Å². The largest absolute Gasteiger partial charge is 0.310 e. The molecular formula is C60H72N2. The fourth-order valence-electron chi connectivity index (χ4n) is 9.84. The predicted molar refractivity (Wildman–Crippen MR) is 274 cm³/mol. The van der Waals surface area contributed by atoms with Crippen LogP contribution in [-0.4, -0.2) is 0 Å². The lowest BCUT2D eigenvalue weighted by Crippen LogP contribution is -2.26. The molecule has 1 aliphatic rings. The molecule has 6 aromatic rings. The third-order valence-electron chi connectivity index (χ3n) is 13.0. The van der Waals surface area contributed by atoms with Gasteiger partial charge in [-0.05, 0) is 144 Å². The van der Waals surface area contributed by atoms with Gasteiger partial charge >= 0.3 is 0 Å². The van der Waals surface area contributed by atoms with Crippen molar-refractivity contribution in [3.63, 3.8) is 0 Å². The maximum absolute atomic E-state index is 4.13. The number of hydrogen-bond donors (Lipinski definition) is 0. The van der Waals surface area contributed by atoms with Crippen LogP contribution in [0.25, 0.3) is 23.3 Å². The Morgan fingerprint density at radius 2 is 0.774 bits per heavy atom. The van der Waals surface area contributed by atoms with Gasteiger partial charge in [0, 0.05) is 39.5 Å². The van der Waals surface area contributed by atoms with Crippen molar-refractivity contribution in [2.75, 3.05) is 9.80 Å². The lowest BCUT2D eigenvalue weighted by molar-refractivity contribution is 0.398. The summed E-state index contributed by atoms with van der Waals surface area (Å²) >= 11 is 0. The number of anilines is 6. The highest BCUT2D eigenvalue weighted by molar-refractivity contribution is 5.89. The maximum Gasteiger partial charge on any atom is 0.0467 e. The van der Waals surface area contributed by atoms with Gasteiger partial charge < -0.3 is 9.80 Å². The zero-order valence-corrected chi connectivity index (χ0v) is 37.6. The zero-order valence-electron chi connectivity index (χ0n) is 37.6. The summed E-state index contributed by atoms with van der Waals surface area (Å²) in [6.45, 7) is 17.3. The SMILES string of the molecule is C.C=Cc1cccc(N(c2cccc(C)c2)c2ccc3c(c2)C(CCCCCCCC)(CCCCCCCC)c2cc(N(c4cccc(C)c4)c4cccc(C=C)c4)ccc2-3)c1. The van der Waals surface area contributed by atoms with Gasteiger partial charge in [0.1, 0.15) is 0 Å². The van der Waals surface area contributed by atoms with E-state index in [1.165, 1.54) is 133 Å². The number of nitrogens with zero attached hydrogens (tertiary/aromatic N) is 2. The summed E-state index contributed by atoms with van der Waals surface area (Å²) in [6, 6.07) is 50.3. The molecule has 0 unspecified atom stereocenters. The van der Waals surface area contributed by atoms with Crippen LogP contribution >= 0.6 is 0 Å². The van der Waals surface area contributed by atoms with Gasteiger partial charge in [0.05, 0.1) is 0 Å². The van der Waals surface area contributed by atoms with E-state index < -0.39 is 0 Å². The Labute approximate surface area is 376 Å². The van der Waals surface area contributed by atoms with Crippen LogP contribution in [0, 0.1) is 13.8 Å². The Morgan fingerprint density at radius 3 is 1.16 bits per heavy atom. The summed E-state index contributed by atoms with van der Waals surface area (Å²) in [7, 11) is 0. The average Bonchev–Trinajstić information content (AvgIpc) is 3.54. The molecule has 0 heterocycles. The minimum Gasteiger partial charge on any atom is -0.310 e. The van der Waals surface area contributed by atoms with E-state index in [1.54, 1.807) is 0 Å². The minimum absolute atomic E-state index is 0. The van der Waals surface area contributed by atoms with E-state index in [4.69, 9.17) is 0 Å². The molecule has 0 aromatic heterocycles. The third kappa shape index (κ3) is 10.4. The molecule has 0 aliphatic heterocycles. The van der Waals surface area contributed by atoms with Gasteiger partial charge in [-0.15, -0.1) is 0 Å². The van der Waals surface area contributed by atoms with Crippen LogP contribution in [0.2, 0.25) is 0 Å². The van der Waals surface area contributed by atoms with Gasteiger partial charge in [0.25, 0.3) is 0 Å². The van der Waals surface area contributed by atoms with Crippen LogP contribution in [-0.2, 0) is 5.41 Å². The van der Waals surface area contributed by atoms with Gasteiger partial charge in [0.2, 0.25) is 0 Å². The average molecular weight is 821 g/mol. The lowest BCUT2D eigenvalue weighted by Gasteiger charge is -2.35. The highest BCUT2D eigenvalue weighted by atomic mass is 15.1. The van der Waals surface area contributed by atoms with Gasteiger partial charge in [0.15, 0.2) is 0 Å². The van der Waals surface area contributed by atoms with E-state index in [-0.39, 0.29) is 12.8 Å². The number of benzene rings is 6. The van der Waals surface area contributed by atoms with Crippen molar-refractivity contribution in [3.05, 3.63) is 180 Å². The molecule has 0 N–H and O–H groups in total. The fraction of sp³-hybridized carbons (Fsp3) is 0.333. The summed E-state index contributed by atoms with van der Waals surface area (Å²) in [4.78, 5) is 4.92. The first-order valence-electron chi connectivity index (χ1n) is 23.4. The third-order valence-corrected chi connectivity index (χ3v) is 13.0. The monoisotopic (exact) mass is 821 g/mol. The molecule has 0 saturated carbocycles. The summed E-state index contributed by atoms with van der Waals surface area (Å²) in [5.74, 6) is 0. The van der Waals surface area contributed by atoms with Crippen molar-refractivity contribution in [2.24, 2.45) is 0 Å². The standard InChI is InChI=1S/C59H68N2.CH4/c1-7-11-13-15-17-19-37-59(38-20-18-16-14-12-8-2)57-43-53(60(49-29-21-25-45(5)39-49)51-31-23-27-47(9-3)41-51)33-35-55(57)56-36-34-54(44-58(56)59)61(50-30-22-26-46(6)40-50)52-32-24-28-48(10-4)42-52;/h9-10,21-36,39-44H,3-4,7-8,11-20,37-38H2,1-2,5-6H3;1H4. The lowest BCUT2D eigenvalue weighted by atomic mass is 9.70. The normalized spacial score (nSPS) is 12.3. The second kappa shape index (κ2) is 22.0. The van der Waals surface area contributed by atoms with Crippen LogP contribution in [0.5, 0.6) is 0 Å². The molecule has 6 aromatic carbocycles. The van der Waals surface area contributed by atoms with Gasteiger partial charge in [-0.25, -0.2) is 0 Å². The van der Waals surface area contributed by atoms with Gasteiger partial charge in [-0.2, -0.15) is 0 Å². The summed E-state index contributed by atoms with van der Waals surface area (Å²) in [5.41, 5.74) is 17.4. The Balaban J connectivity index is 0.00000641. The molecule has 62 heavy (non-hydrogen) atoms. The van der Waals surface area contributed by atoms with Crippen LogP contribution in [0.15, 0.2) is 147 Å². The van der Waals surface area contributed by atoms with Crippen LogP contribution in [0.3, 0.4) is 0 Å². The molecule has 1 aliphatic carbocycles. The topological polar surface area (TPSA) is 6.48 Å². The molecule has 0 bridgehead atoms. The molecule has 0 fully saturated rings. The molecule has 2 heteroatoms. The number of fused-ring (bicyclic) bond motifs is 3. The van der Waals surface area contributed by atoms with E-state index in [0.717, 1.165) is 35.3 Å². The van der Waals surface area contributed by atoms with Gasteiger partial charge in [-0.1, -0.05) is 184 Å². The molecule has 322 valence electrons. The highest BCUT2D eigenvalue weighted by Gasteiger charge is 2.43. The predicted octanol–water partition coefficient (Wildman–Crippen LogP) is 18.9. The van der Waals surface area contributed by atoms with E-state index in [0.29, 0.717) is 0 Å². The smallest absolute Gasteiger partial charge is 0.0467 e. The minimum atomic E-state index is -0.116. The first kappa shape index (κ1) is 45.9. The van der Waals surface area contributed by atoms with E-state index in [2.05, 4.69) is 184 Å². The van der Waals surface area contributed by atoms with E-state index in [1.807, 2.05) is 12.2 Å². The Morgan fingerprint density at radius 1 is 0.419 bits per heavy atom. The fourth-order valence-corrected chi connectivity index (χ4v) is 9.84. The Kier molecular flexibility index (Phi) is 16.3. The summed E-state index contributed by atoms with van der Waals surface area (Å²) in [6.07, 6.45) is 21.7. The number of unbranched alkanes of at least 4 members (excludes halogenated alkanes) is 10. The van der Waals surface area contributed by atoms with Gasteiger partial charge in [-0.3, -0.25) is 0 Å². The van der Waals surface area contributed by atoms with Crippen molar-refractivity contribution in [1.82, 2.24) is 0 Å². The first-order chi connectivity index (χ1) is 29.9. The summed E-state index contributed by atoms with van der Waals surface area (Å²) in [5, 5.41) is 0. The second-order valence-electron chi connectivity index (χ2n) is 17.5. The maximum atomic E-state index is 4.13. The van der Waals surface area contributed by atoms with Crippen molar-refractivity contribution in [3.8, 4) is 11.1 Å². The second-order valence-corrected chi connectivity index (χ2v) is 17.5. The number of hydrogen-bond acceptors (Lipinski definition) is 2. The highest BCUT2D eigenvalue weighted by Crippen LogP contribution is 2.57. The Hall–Kier alpha value is -5.60. The molecule has 0 saturated heterocycles. The molecule has 0 spiro atoms. The van der Waals surface area contributed by atoms with Crippen LogP contribution < -0.4 is 9.80 Å². The van der Waals surface area contributed by atoms with E-state index in [9.17, 15) is 0 Å². The summed E-state index contributed by atoms with van der Waals surface area (Å²) < 4.78 is 0. The number of aryl methyl sites for hydroxylation is 2. The zero-order chi connectivity index (χ0) is 42.6. The molecule has 2 nitrogen and oxygen atoms in total. The van der Waals surface area contributed by atoms with Crippen molar-refractivity contribution >= 4 is 46.3 Å². The van der Waals surface area contributed by atoms with Crippen molar-refractivity contribution in [2.45, 2.75) is 130 Å². The molecule has 0 radical (unpaired) electrons. The van der Waals surface area contributed by atoms with Crippen LogP contribution in [0.1, 0.15) is 145 Å². The molecule has 0 amide bonds. The number of rotatable bonds is 22.